The van der Waals surface area contributed by atoms with Crippen LogP contribution >= 0.6 is 22.7 Å². The van der Waals surface area contributed by atoms with Gasteiger partial charge in [-0.25, -0.2) is 9.59 Å². The minimum Gasteiger partial charge on any atom is -0.444 e. The molecule has 4 rings (SSSR count). The summed E-state index contributed by atoms with van der Waals surface area (Å²) in [5.74, 6) is 0.469. The number of hydrogen-bond acceptors (Lipinski definition) is 9. The predicted octanol–water partition coefficient (Wildman–Crippen LogP) is 6.71. The van der Waals surface area contributed by atoms with E-state index >= 15 is 0 Å². The first-order chi connectivity index (χ1) is 22.0. The Morgan fingerprint density at radius 1 is 0.711 bits per heavy atom. The highest BCUT2D eigenvalue weighted by Gasteiger charge is 2.24. The normalized spacial score (nSPS) is 12.5. The Morgan fingerprint density at radius 3 is 1.53 bits per heavy atom. The van der Waals surface area contributed by atoms with Gasteiger partial charge < -0.3 is 20.1 Å². The van der Waals surface area contributed by atoms with Gasteiger partial charge in [-0.3, -0.25) is 14.9 Å². The van der Waals surface area contributed by atoms with Gasteiger partial charge in [0.2, 0.25) is 0 Å². The van der Waals surface area contributed by atoms with Crippen LogP contribution in [0.15, 0.2) is 84.1 Å². The van der Waals surface area contributed by atoms with Crippen LogP contribution in [-0.4, -0.2) is 58.8 Å². The Morgan fingerprint density at radius 2 is 1.16 bits per heavy atom. The molecule has 45 heavy (non-hydrogen) atoms. The largest absolute Gasteiger partial charge is 0.444 e. The van der Waals surface area contributed by atoms with E-state index < -0.39 is 12.2 Å². The molecule has 0 aliphatic rings. The molecule has 0 aliphatic carbocycles. The molecule has 0 bridgehead atoms. The van der Waals surface area contributed by atoms with Crippen LogP contribution in [0, 0.1) is 5.92 Å². The second kappa shape index (κ2) is 18.9. The Hall–Kier alpha value is -3.80. The first-order valence-electron chi connectivity index (χ1n) is 15.4. The fraction of sp³-hybridized carbons (Fsp3) is 0.412. The van der Waals surface area contributed by atoms with E-state index in [1.807, 2.05) is 36.4 Å². The van der Waals surface area contributed by atoms with Crippen molar-refractivity contribution in [2.75, 3.05) is 19.6 Å². The van der Waals surface area contributed by atoms with Crippen molar-refractivity contribution in [1.29, 1.82) is 0 Å². The molecular weight excluding hydrogens is 607 g/mol. The Balaban J connectivity index is 1.50. The zero-order valence-corrected chi connectivity index (χ0v) is 27.6. The van der Waals surface area contributed by atoms with E-state index in [0.717, 1.165) is 40.3 Å². The third kappa shape index (κ3) is 12.6. The smallest absolute Gasteiger partial charge is 0.407 e. The summed E-state index contributed by atoms with van der Waals surface area (Å²) < 4.78 is 11.1. The zero-order valence-electron chi connectivity index (χ0n) is 26.0. The van der Waals surface area contributed by atoms with E-state index in [9.17, 15) is 9.59 Å². The Labute approximate surface area is 274 Å². The van der Waals surface area contributed by atoms with Crippen molar-refractivity contribution < 1.29 is 19.1 Å². The van der Waals surface area contributed by atoms with Crippen molar-refractivity contribution >= 4 is 34.9 Å². The van der Waals surface area contributed by atoms with Crippen molar-refractivity contribution in [2.45, 2.75) is 64.8 Å². The van der Waals surface area contributed by atoms with Crippen LogP contribution in [0.4, 0.5) is 9.59 Å². The van der Waals surface area contributed by atoms with Gasteiger partial charge in [0, 0.05) is 44.1 Å². The molecule has 0 unspecified atom stereocenters. The molecule has 0 saturated heterocycles. The highest BCUT2D eigenvalue weighted by molar-refractivity contribution is 7.09. The van der Waals surface area contributed by atoms with Crippen molar-refractivity contribution in [3.63, 3.8) is 0 Å². The van der Waals surface area contributed by atoms with Gasteiger partial charge in [0.05, 0.1) is 20.8 Å². The number of ether oxygens (including phenoxy) is 2. The molecule has 0 saturated carbocycles. The third-order valence-corrected chi connectivity index (χ3v) is 9.09. The molecule has 9 nitrogen and oxygen atoms in total. The van der Waals surface area contributed by atoms with Crippen molar-refractivity contribution in [3.05, 3.63) is 105 Å². The fourth-order valence-corrected chi connectivity index (χ4v) is 6.21. The monoisotopic (exact) mass is 649 g/mol. The van der Waals surface area contributed by atoms with Crippen LogP contribution in [0.5, 0.6) is 0 Å². The van der Waals surface area contributed by atoms with Crippen LogP contribution in [-0.2, 0) is 35.5 Å². The summed E-state index contributed by atoms with van der Waals surface area (Å²) in [7, 11) is 0. The summed E-state index contributed by atoms with van der Waals surface area (Å²) in [5.41, 5.74) is 5.69. The minimum absolute atomic E-state index is 0.179. The summed E-state index contributed by atoms with van der Waals surface area (Å²) in [6.07, 6.45) is 5.85. The molecule has 240 valence electrons. The standard InChI is InChI=1S/C34H43N5O4S2/c1-3-26(4-2)19-39(20-29(15-27-11-7-5-8-12-27)37-33(40)42-22-31-17-35-24-44-31)21-30(16-28-13-9-6-10-14-28)38-34(41)43-23-32-18-36-25-45-32/h5-14,17-18,24-26,29-30H,3-4,15-16,19-23H2,1-2H3,(H,37,40)(H,38,41)/t29-,30-/m1/s1. The maximum absolute atomic E-state index is 13.0. The number of benzene rings is 2. The maximum atomic E-state index is 13.0. The molecule has 0 spiro atoms. The number of hydrogen-bond donors (Lipinski definition) is 2. The molecule has 0 fully saturated rings. The molecule has 11 heteroatoms. The van der Waals surface area contributed by atoms with Gasteiger partial charge in [-0.05, 0) is 29.9 Å². The molecular formula is C34H43N5O4S2. The second-order valence-electron chi connectivity index (χ2n) is 11.1. The molecule has 2 N–H and O–H groups in total. The van der Waals surface area contributed by atoms with Gasteiger partial charge in [0.1, 0.15) is 13.2 Å². The highest BCUT2D eigenvalue weighted by atomic mass is 32.1. The summed E-state index contributed by atoms with van der Waals surface area (Å²) >= 11 is 2.90. The molecule has 0 radical (unpaired) electrons. The van der Waals surface area contributed by atoms with Gasteiger partial charge in [-0.2, -0.15) is 0 Å². The number of aromatic nitrogens is 2. The van der Waals surface area contributed by atoms with Gasteiger partial charge in [0.15, 0.2) is 0 Å². The third-order valence-electron chi connectivity index (χ3n) is 7.58. The number of amides is 2. The van der Waals surface area contributed by atoms with Crippen LogP contribution in [0.25, 0.3) is 0 Å². The highest BCUT2D eigenvalue weighted by Crippen LogP contribution is 2.15. The average Bonchev–Trinajstić information content (AvgIpc) is 3.77. The topological polar surface area (TPSA) is 106 Å². The van der Waals surface area contributed by atoms with Gasteiger partial charge in [0.25, 0.3) is 0 Å². The first kappa shape index (κ1) is 34.1. The van der Waals surface area contributed by atoms with E-state index in [2.05, 4.69) is 63.6 Å². The summed E-state index contributed by atoms with van der Waals surface area (Å²) in [6, 6.07) is 19.9. The number of nitrogens with zero attached hydrogens (tertiary/aromatic N) is 3. The molecule has 2 atom stereocenters. The predicted molar refractivity (Wildman–Crippen MR) is 179 cm³/mol. The molecule has 2 aromatic heterocycles. The summed E-state index contributed by atoms with van der Waals surface area (Å²) in [6.45, 7) is 6.78. The summed E-state index contributed by atoms with van der Waals surface area (Å²) in [5, 5.41) is 6.26. The van der Waals surface area contributed by atoms with Crippen LogP contribution in [0.1, 0.15) is 47.6 Å². The lowest BCUT2D eigenvalue weighted by Crippen LogP contribution is -2.51. The van der Waals surface area contributed by atoms with Crippen molar-refractivity contribution in [2.24, 2.45) is 5.92 Å². The van der Waals surface area contributed by atoms with Crippen molar-refractivity contribution in [3.8, 4) is 0 Å². The molecule has 2 aromatic carbocycles. The van der Waals surface area contributed by atoms with Crippen LogP contribution in [0.3, 0.4) is 0 Å². The average molecular weight is 650 g/mol. The maximum Gasteiger partial charge on any atom is 0.407 e. The number of nitrogens with one attached hydrogen (secondary N) is 2. The van der Waals surface area contributed by atoms with Crippen LogP contribution in [0.2, 0.25) is 0 Å². The Kier molecular flexibility index (Phi) is 14.3. The number of alkyl carbamates (subject to hydrolysis) is 2. The van der Waals surface area contributed by atoms with E-state index in [0.29, 0.717) is 31.8 Å². The Bertz CT molecular complexity index is 1270. The minimum atomic E-state index is -0.461. The zero-order chi connectivity index (χ0) is 31.7. The van der Waals surface area contributed by atoms with Gasteiger partial charge in [-0.1, -0.05) is 87.4 Å². The summed E-state index contributed by atoms with van der Waals surface area (Å²) in [4.78, 5) is 38.2. The first-order valence-corrected chi connectivity index (χ1v) is 17.2. The lowest BCUT2D eigenvalue weighted by atomic mass is 9.99. The van der Waals surface area contributed by atoms with E-state index in [1.165, 1.54) is 22.7 Å². The van der Waals surface area contributed by atoms with E-state index in [1.54, 1.807) is 23.4 Å². The van der Waals surface area contributed by atoms with Gasteiger partial charge >= 0.3 is 12.2 Å². The van der Waals surface area contributed by atoms with Crippen molar-refractivity contribution in [1.82, 2.24) is 25.5 Å². The van der Waals surface area contributed by atoms with Gasteiger partial charge in [-0.15, -0.1) is 22.7 Å². The molecule has 2 heterocycles. The quantitative estimate of drug-likeness (QED) is 0.123. The van der Waals surface area contributed by atoms with Crippen LogP contribution < -0.4 is 10.6 Å². The lowest BCUT2D eigenvalue weighted by Gasteiger charge is -2.33. The van der Waals surface area contributed by atoms with E-state index in [4.69, 9.17) is 9.47 Å². The second-order valence-corrected chi connectivity index (χ2v) is 13.0. The fourth-order valence-electron chi connectivity index (χ4n) is 5.20. The lowest BCUT2D eigenvalue weighted by molar-refractivity contribution is 0.123. The molecule has 2 amide bonds. The SMILES string of the molecule is CCC(CC)CN(C[C@@H](Cc1ccccc1)NC(=O)OCc1cncs1)C[C@@H](Cc1ccccc1)NC(=O)OCc1cncs1. The molecule has 0 aliphatic heterocycles. The number of carbonyl (C=O) groups is 2. The number of thiazole rings is 2. The molecule has 4 aromatic rings. The number of carbonyl (C=O) groups excluding carboxylic acids is 2. The number of rotatable bonds is 18. The van der Waals surface area contributed by atoms with E-state index in [-0.39, 0.29) is 25.3 Å².